The SMILES string of the molecule is C[C@@H](NC(=O)Cn1cnc(-c2cccs2)cc1=O)c1ccccc1. The van der Waals surface area contributed by atoms with Gasteiger partial charge in [0.25, 0.3) is 5.56 Å². The highest BCUT2D eigenvalue weighted by atomic mass is 32.1. The maximum atomic E-state index is 12.2. The molecule has 3 aromatic rings. The first kappa shape index (κ1) is 16.1. The molecular formula is C18H17N3O2S. The summed E-state index contributed by atoms with van der Waals surface area (Å²) in [6.45, 7) is 1.86. The van der Waals surface area contributed by atoms with Gasteiger partial charge in [-0.2, -0.15) is 0 Å². The van der Waals surface area contributed by atoms with Crippen molar-refractivity contribution >= 4 is 17.2 Å². The zero-order chi connectivity index (χ0) is 16.9. The molecule has 0 radical (unpaired) electrons. The number of nitrogens with zero attached hydrogens (tertiary/aromatic N) is 2. The topological polar surface area (TPSA) is 64.0 Å². The van der Waals surface area contributed by atoms with Crippen LogP contribution in [0.5, 0.6) is 0 Å². The Hall–Kier alpha value is -2.73. The number of thiophene rings is 1. The maximum Gasteiger partial charge on any atom is 0.254 e. The quantitative estimate of drug-likeness (QED) is 0.777. The molecule has 1 aromatic carbocycles. The highest BCUT2D eigenvalue weighted by Gasteiger charge is 2.11. The van der Waals surface area contributed by atoms with E-state index < -0.39 is 0 Å². The van der Waals surface area contributed by atoms with Crippen LogP contribution in [0.3, 0.4) is 0 Å². The molecule has 1 N–H and O–H groups in total. The molecule has 0 unspecified atom stereocenters. The average Bonchev–Trinajstić information content (AvgIpc) is 3.12. The fourth-order valence-corrected chi connectivity index (χ4v) is 3.06. The highest BCUT2D eigenvalue weighted by Crippen LogP contribution is 2.20. The monoisotopic (exact) mass is 339 g/mol. The fraction of sp³-hybridized carbons (Fsp3) is 0.167. The first-order valence-electron chi connectivity index (χ1n) is 7.58. The van der Waals surface area contributed by atoms with Crippen molar-refractivity contribution in [1.82, 2.24) is 14.9 Å². The summed E-state index contributed by atoms with van der Waals surface area (Å²) in [6, 6.07) is 14.8. The van der Waals surface area contributed by atoms with Crippen LogP contribution in [0.4, 0.5) is 0 Å². The van der Waals surface area contributed by atoms with E-state index in [0.717, 1.165) is 10.4 Å². The van der Waals surface area contributed by atoms with Gasteiger partial charge in [0.05, 0.1) is 22.9 Å². The molecule has 2 aromatic heterocycles. The summed E-state index contributed by atoms with van der Waals surface area (Å²) in [5.74, 6) is -0.223. The van der Waals surface area contributed by atoms with Crippen LogP contribution in [0.25, 0.3) is 10.6 Å². The van der Waals surface area contributed by atoms with Crippen molar-refractivity contribution in [3.05, 3.63) is 76.2 Å². The zero-order valence-electron chi connectivity index (χ0n) is 13.2. The van der Waals surface area contributed by atoms with E-state index in [2.05, 4.69) is 10.3 Å². The van der Waals surface area contributed by atoms with Crippen LogP contribution in [-0.2, 0) is 11.3 Å². The molecule has 2 heterocycles. The number of carbonyl (C=O) groups is 1. The number of hydrogen-bond donors (Lipinski definition) is 1. The molecular weight excluding hydrogens is 322 g/mol. The first-order chi connectivity index (χ1) is 11.6. The third-order valence-corrected chi connectivity index (χ3v) is 4.54. The molecule has 1 amide bonds. The molecule has 6 heteroatoms. The Balaban J connectivity index is 1.67. The Bertz CT molecular complexity index is 873. The number of benzene rings is 1. The van der Waals surface area contributed by atoms with E-state index in [9.17, 15) is 9.59 Å². The Morgan fingerprint density at radius 2 is 2.04 bits per heavy atom. The number of amides is 1. The molecule has 24 heavy (non-hydrogen) atoms. The molecule has 122 valence electrons. The normalized spacial score (nSPS) is 11.9. The van der Waals surface area contributed by atoms with Crippen LogP contribution in [0, 0.1) is 0 Å². The van der Waals surface area contributed by atoms with E-state index >= 15 is 0 Å². The number of nitrogens with one attached hydrogen (secondary N) is 1. The second-order valence-corrected chi connectivity index (χ2v) is 6.37. The van der Waals surface area contributed by atoms with Crippen molar-refractivity contribution in [2.24, 2.45) is 0 Å². The van der Waals surface area contributed by atoms with Gasteiger partial charge in [-0.3, -0.25) is 14.2 Å². The van der Waals surface area contributed by atoms with E-state index in [0.29, 0.717) is 5.69 Å². The van der Waals surface area contributed by atoms with Crippen LogP contribution in [0.15, 0.2) is 65.0 Å². The molecule has 5 nitrogen and oxygen atoms in total. The number of hydrogen-bond acceptors (Lipinski definition) is 4. The minimum atomic E-state index is -0.240. The largest absolute Gasteiger partial charge is 0.348 e. The first-order valence-corrected chi connectivity index (χ1v) is 8.46. The summed E-state index contributed by atoms with van der Waals surface area (Å²) in [5.41, 5.74) is 1.41. The van der Waals surface area contributed by atoms with E-state index in [1.807, 2.05) is 54.8 Å². The van der Waals surface area contributed by atoms with Crippen molar-refractivity contribution in [1.29, 1.82) is 0 Å². The van der Waals surface area contributed by atoms with E-state index in [1.54, 1.807) is 0 Å². The van der Waals surface area contributed by atoms with Crippen molar-refractivity contribution in [3.63, 3.8) is 0 Å². The van der Waals surface area contributed by atoms with Crippen LogP contribution in [-0.4, -0.2) is 15.5 Å². The van der Waals surface area contributed by atoms with Gasteiger partial charge in [-0.1, -0.05) is 36.4 Å². The minimum absolute atomic E-state index is 0.0479. The standard InChI is InChI=1S/C18H17N3O2S/c1-13(14-6-3-2-4-7-14)20-17(22)11-21-12-19-15(10-18(21)23)16-8-5-9-24-16/h2-10,12-13H,11H2,1H3,(H,20,22)/t13-/m1/s1. The lowest BCUT2D eigenvalue weighted by Crippen LogP contribution is -2.33. The van der Waals surface area contributed by atoms with Gasteiger partial charge in [-0.05, 0) is 23.9 Å². The van der Waals surface area contributed by atoms with E-state index in [1.165, 1.54) is 28.3 Å². The molecule has 0 aliphatic rings. The fourth-order valence-electron chi connectivity index (χ4n) is 2.37. The smallest absolute Gasteiger partial charge is 0.254 e. The van der Waals surface area contributed by atoms with E-state index in [-0.39, 0.29) is 24.1 Å². The Morgan fingerprint density at radius 3 is 2.71 bits per heavy atom. The second kappa shape index (κ2) is 7.23. The summed E-state index contributed by atoms with van der Waals surface area (Å²) in [4.78, 5) is 29.5. The summed E-state index contributed by atoms with van der Waals surface area (Å²) in [5, 5.41) is 4.82. The van der Waals surface area contributed by atoms with Gasteiger partial charge < -0.3 is 5.32 Å². The Morgan fingerprint density at radius 1 is 1.25 bits per heavy atom. The predicted octanol–water partition coefficient (Wildman–Crippen LogP) is 2.85. The van der Waals surface area contributed by atoms with Crippen LogP contribution in [0.1, 0.15) is 18.5 Å². The predicted molar refractivity (Wildman–Crippen MR) is 94.8 cm³/mol. The second-order valence-electron chi connectivity index (χ2n) is 5.42. The lowest BCUT2D eigenvalue weighted by Gasteiger charge is -2.14. The molecule has 0 aliphatic carbocycles. The molecule has 1 atom stereocenters. The Kier molecular flexibility index (Phi) is 4.86. The highest BCUT2D eigenvalue weighted by molar-refractivity contribution is 7.13. The van der Waals surface area contributed by atoms with Gasteiger partial charge in [0.2, 0.25) is 5.91 Å². The third kappa shape index (κ3) is 3.78. The van der Waals surface area contributed by atoms with Gasteiger partial charge in [-0.15, -0.1) is 11.3 Å². The van der Waals surface area contributed by atoms with Gasteiger partial charge in [0.15, 0.2) is 0 Å². The Labute approximate surface area is 143 Å². The van der Waals surface area contributed by atoms with Crippen molar-refractivity contribution in [2.45, 2.75) is 19.5 Å². The summed E-state index contributed by atoms with van der Waals surface area (Å²) >= 11 is 1.52. The number of carbonyl (C=O) groups excluding carboxylic acids is 1. The van der Waals surface area contributed by atoms with Crippen molar-refractivity contribution in [2.75, 3.05) is 0 Å². The van der Waals surface area contributed by atoms with Gasteiger partial charge in [0, 0.05) is 6.07 Å². The molecule has 0 aliphatic heterocycles. The molecule has 3 rings (SSSR count). The lowest BCUT2D eigenvalue weighted by atomic mass is 10.1. The van der Waals surface area contributed by atoms with Gasteiger partial charge in [-0.25, -0.2) is 4.98 Å². The van der Waals surface area contributed by atoms with Crippen molar-refractivity contribution in [3.8, 4) is 10.6 Å². The number of aromatic nitrogens is 2. The molecule has 0 spiro atoms. The average molecular weight is 339 g/mol. The van der Waals surface area contributed by atoms with Crippen LogP contribution >= 0.6 is 11.3 Å². The zero-order valence-corrected chi connectivity index (χ0v) is 14.0. The molecule has 0 saturated carbocycles. The summed E-state index contributed by atoms with van der Waals surface area (Å²) in [6.07, 6.45) is 1.42. The van der Waals surface area contributed by atoms with Crippen molar-refractivity contribution < 1.29 is 4.79 Å². The summed E-state index contributed by atoms with van der Waals surface area (Å²) < 4.78 is 1.31. The molecule has 0 saturated heterocycles. The maximum absolute atomic E-state index is 12.2. The summed E-state index contributed by atoms with van der Waals surface area (Å²) in [7, 11) is 0. The van der Waals surface area contributed by atoms with Gasteiger partial charge in [0.1, 0.15) is 6.54 Å². The van der Waals surface area contributed by atoms with E-state index in [4.69, 9.17) is 0 Å². The molecule has 0 fully saturated rings. The minimum Gasteiger partial charge on any atom is -0.348 e. The third-order valence-electron chi connectivity index (χ3n) is 3.64. The van der Waals surface area contributed by atoms with Crippen LogP contribution < -0.4 is 10.9 Å². The van der Waals surface area contributed by atoms with Crippen LogP contribution in [0.2, 0.25) is 0 Å². The number of rotatable bonds is 5. The lowest BCUT2D eigenvalue weighted by molar-refractivity contribution is -0.122. The van der Waals surface area contributed by atoms with Gasteiger partial charge >= 0.3 is 0 Å². The molecule has 0 bridgehead atoms.